The molecule has 2 aromatic rings. The van der Waals surface area contributed by atoms with Crippen molar-refractivity contribution >= 4 is 29.4 Å². The molecule has 0 aliphatic carbocycles. The molecule has 0 aromatic heterocycles. The predicted octanol–water partition coefficient (Wildman–Crippen LogP) is 2.75. The molecule has 1 aliphatic rings. The maximum absolute atomic E-state index is 13.1. The summed E-state index contributed by atoms with van der Waals surface area (Å²) >= 11 is 0. The second-order valence-corrected chi connectivity index (χ2v) is 7.78. The monoisotopic (exact) mass is 449 g/mol. The smallest absolute Gasteiger partial charge is 0.323 e. The largest absolute Gasteiger partial charge is 0.481 e. The lowest BCUT2D eigenvalue weighted by molar-refractivity contribution is -0.137. The first-order valence-corrected chi connectivity index (χ1v) is 10.7. The average molecular weight is 450 g/mol. The zero-order valence-electron chi connectivity index (χ0n) is 18.7. The van der Waals surface area contributed by atoms with E-state index in [1.807, 2.05) is 18.2 Å². The number of hydrogen-bond acceptors (Lipinski definition) is 4. The maximum Gasteiger partial charge on any atom is 0.323 e. The van der Waals surface area contributed by atoms with Crippen LogP contribution in [0.15, 0.2) is 60.8 Å². The molecule has 3 rings (SSSR count). The number of urea groups is 1. The number of hydrogen-bond donors (Lipinski definition) is 2. The third-order valence-electron chi connectivity index (χ3n) is 5.49. The number of aliphatic carboxylic acids is 1. The molecule has 1 atom stereocenters. The lowest BCUT2D eigenvalue weighted by Crippen LogP contribution is -2.57. The Morgan fingerprint density at radius 3 is 2.52 bits per heavy atom. The Morgan fingerprint density at radius 2 is 1.82 bits per heavy atom. The van der Waals surface area contributed by atoms with Gasteiger partial charge in [0, 0.05) is 31.6 Å². The molecule has 0 bridgehead atoms. The number of carboxylic acid groups (broad SMARTS) is 1. The van der Waals surface area contributed by atoms with Crippen molar-refractivity contribution < 1.29 is 24.3 Å². The quantitative estimate of drug-likeness (QED) is 0.603. The summed E-state index contributed by atoms with van der Waals surface area (Å²) in [4.78, 5) is 51.8. The van der Waals surface area contributed by atoms with Gasteiger partial charge in [0.15, 0.2) is 11.8 Å². The average Bonchev–Trinajstić information content (AvgIpc) is 2.79. The van der Waals surface area contributed by atoms with E-state index in [1.165, 1.54) is 29.8 Å². The zero-order valence-corrected chi connectivity index (χ0v) is 18.7. The Hall–Kier alpha value is -3.94. The van der Waals surface area contributed by atoms with Gasteiger partial charge in [-0.05, 0) is 41.7 Å². The molecule has 0 saturated heterocycles. The highest BCUT2D eigenvalue weighted by molar-refractivity contribution is 6.19. The molecule has 8 nitrogen and oxygen atoms in total. The number of carbonyl (C=O) groups excluding carboxylic acids is 3. The number of ketones is 1. The molecule has 0 fully saturated rings. The van der Waals surface area contributed by atoms with Gasteiger partial charge in [0.2, 0.25) is 0 Å². The van der Waals surface area contributed by atoms with Crippen molar-refractivity contribution in [1.82, 2.24) is 10.2 Å². The van der Waals surface area contributed by atoms with Crippen molar-refractivity contribution in [2.45, 2.75) is 32.2 Å². The highest BCUT2D eigenvalue weighted by Gasteiger charge is 2.39. The fraction of sp³-hybridized carbons (Fsp3) is 0.280. The van der Waals surface area contributed by atoms with Crippen LogP contribution in [0.3, 0.4) is 0 Å². The van der Waals surface area contributed by atoms with E-state index >= 15 is 0 Å². The zero-order chi connectivity index (χ0) is 24.0. The predicted molar refractivity (Wildman–Crippen MR) is 124 cm³/mol. The van der Waals surface area contributed by atoms with Crippen molar-refractivity contribution in [3.8, 4) is 0 Å². The van der Waals surface area contributed by atoms with Crippen LogP contribution in [-0.2, 0) is 27.2 Å². The van der Waals surface area contributed by atoms with Gasteiger partial charge in [-0.3, -0.25) is 19.3 Å². The summed E-state index contributed by atoms with van der Waals surface area (Å²) < 4.78 is 0. The van der Waals surface area contributed by atoms with Gasteiger partial charge in [0.25, 0.3) is 5.91 Å². The molecule has 33 heavy (non-hydrogen) atoms. The summed E-state index contributed by atoms with van der Waals surface area (Å²) in [5.41, 5.74) is 3.67. The minimum absolute atomic E-state index is 0.130. The summed E-state index contributed by atoms with van der Waals surface area (Å²) in [7, 11) is 1.51. The number of carboxylic acids is 1. The van der Waals surface area contributed by atoms with Crippen molar-refractivity contribution in [3.05, 3.63) is 77.5 Å². The summed E-state index contributed by atoms with van der Waals surface area (Å²) in [5.74, 6) is -2.13. The van der Waals surface area contributed by atoms with Crippen molar-refractivity contribution in [3.63, 3.8) is 0 Å². The molecule has 0 spiro atoms. The number of amides is 3. The molecule has 3 amide bonds. The van der Waals surface area contributed by atoms with Gasteiger partial charge in [0.1, 0.15) is 0 Å². The first kappa shape index (κ1) is 23.7. The second kappa shape index (κ2) is 10.6. The van der Waals surface area contributed by atoms with Gasteiger partial charge in [-0.1, -0.05) is 43.3 Å². The molecule has 0 radical (unpaired) electrons. The number of nitrogens with one attached hydrogen (secondary N) is 1. The van der Waals surface area contributed by atoms with E-state index in [0.29, 0.717) is 12.1 Å². The van der Waals surface area contributed by atoms with Gasteiger partial charge in [0.05, 0.1) is 6.42 Å². The van der Waals surface area contributed by atoms with Crippen molar-refractivity contribution in [2.75, 3.05) is 18.5 Å². The Labute approximate surface area is 192 Å². The van der Waals surface area contributed by atoms with Gasteiger partial charge < -0.3 is 15.3 Å². The molecule has 2 N–H and O–H groups in total. The molecule has 8 heteroatoms. The van der Waals surface area contributed by atoms with Gasteiger partial charge >= 0.3 is 12.0 Å². The van der Waals surface area contributed by atoms with Crippen molar-refractivity contribution in [2.24, 2.45) is 0 Å². The SMILES string of the molecule is CCc1ccccc1Cc1cccc(N(C(=O)NCCC(=O)O)[C@H]2C(=O)C=CN(C)C2=O)c1. The Kier molecular flexibility index (Phi) is 7.61. The van der Waals surface area contributed by atoms with Gasteiger partial charge in [-0.25, -0.2) is 4.79 Å². The van der Waals surface area contributed by atoms with Crippen LogP contribution >= 0.6 is 0 Å². The highest BCUT2D eigenvalue weighted by atomic mass is 16.4. The topological polar surface area (TPSA) is 107 Å². The first-order valence-electron chi connectivity index (χ1n) is 10.7. The Morgan fingerprint density at radius 1 is 1.09 bits per heavy atom. The van der Waals surface area contributed by atoms with Crippen LogP contribution in [0.5, 0.6) is 0 Å². The molecule has 0 unspecified atom stereocenters. The number of anilines is 1. The van der Waals surface area contributed by atoms with Crippen LogP contribution in [0.25, 0.3) is 0 Å². The van der Waals surface area contributed by atoms with Crippen LogP contribution in [-0.4, -0.2) is 53.3 Å². The fourth-order valence-electron chi connectivity index (χ4n) is 3.76. The normalized spacial score (nSPS) is 15.5. The molecule has 1 heterocycles. The first-order chi connectivity index (χ1) is 15.8. The molecule has 172 valence electrons. The lowest BCUT2D eigenvalue weighted by Gasteiger charge is -2.33. The standard InChI is InChI=1S/C25H27N3O5/c1-3-18-8-4-5-9-19(18)15-17-7-6-10-20(16-17)28(25(33)26-13-11-22(30)31)23-21(29)12-14-27(2)24(23)32/h4-10,12,14,16,23H,3,11,13,15H2,1-2H3,(H,26,33)(H,30,31)/t23-/m0/s1. The van der Waals surface area contributed by atoms with E-state index in [1.54, 1.807) is 18.2 Å². The lowest BCUT2D eigenvalue weighted by atomic mass is 9.97. The van der Waals surface area contributed by atoms with Gasteiger partial charge in [-0.15, -0.1) is 0 Å². The molecule has 1 aliphatic heterocycles. The van der Waals surface area contributed by atoms with E-state index < -0.39 is 29.7 Å². The molecule has 2 aromatic carbocycles. The van der Waals surface area contributed by atoms with E-state index in [2.05, 4.69) is 24.4 Å². The van der Waals surface area contributed by atoms with Gasteiger partial charge in [-0.2, -0.15) is 0 Å². The third kappa shape index (κ3) is 5.65. The number of aryl methyl sites for hydroxylation is 1. The fourth-order valence-corrected chi connectivity index (χ4v) is 3.76. The van der Waals surface area contributed by atoms with E-state index in [4.69, 9.17) is 5.11 Å². The summed E-state index contributed by atoms with van der Waals surface area (Å²) in [5, 5.41) is 11.4. The van der Waals surface area contributed by atoms with Crippen LogP contribution in [0.2, 0.25) is 0 Å². The molecular weight excluding hydrogens is 422 g/mol. The minimum Gasteiger partial charge on any atom is -0.481 e. The molecular formula is C25H27N3O5. The Bertz CT molecular complexity index is 1090. The second-order valence-electron chi connectivity index (χ2n) is 7.78. The van der Waals surface area contributed by atoms with Crippen LogP contribution in [0.1, 0.15) is 30.0 Å². The highest BCUT2D eigenvalue weighted by Crippen LogP contribution is 2.24. The number of nitrogens with zero attached hydrogens (tertiary/aromatic N) is 2. The number of carbonyl (C=O) groups is 4. The van der Waals surface area contributed by atoms with Crippen LogP contribution in [0.4, 0.5) is 10.5 Å². The van der Waals surface area contributed by atoms with E-state index in [-0.39, 0.29) is 13.0 Å². The van der Waals surface area contributed by atoms with Crippen molar-refractivity contribution in [1.29, 1.82) is 0 Å². The number of rotatable bonds is 8. The number of likely N-dealkylation sites (N-methyl/N-ethyl adjacent to an activating group) is 1. The summed E-state index contributed by atoms with van der Waals surface area (Å²) in [6.45, 7) is 1.96. The minimum atomic E-state index is -1.37. The molecule has 0 saturated carbocycles. The number of benzene rings is 2. The van der Waals surface area contributed by atoms with Crippen LogP contribution < -0.4 is 10.2 Å². The maximum atomic E-state index is 13.1. The summed E-state index contributed by atoms with van der Waals surface area (Å²) in [6, 6.07) is 13.1. The third-order valence-corrected chi connectivity index (χ3v) is 5.49. The van der Waals surface area contributed by atoms with E-state index in [9.17, 15) is 19.2 Å². The summed E-state index contributed by atoms with van der Waals surface area (Å²) in [6.07, 6.45) is 3.85. The van der Waals surface area contributed by atoms with Crippen LogP contribution in [0, 0.1) is 0 Å². The van der Waals surface area contributed by atoms with E-state index in [0.717, 1.165) is 22.4 Å². The Balaban J connectivity index is 1.96.